The zero-order valence-electron chi connectivity index (χ0n) is 11.8. The number of likely N-dealkylation sites (N-methyl/N-ethyl adjacent to an activating group) is 1. The van der Waals surface area contributed by atoms with Crippen LogP contribution in [0.3, 0.4) is 0 Å². The minimum absolute atomic E-state index is 0. The minimum atomic E-state index is 0. The van der Waals surface area contributed by atoms with Crippen molar-refractivity contribution in [3.8, 4) is 0 Å². The zero-order chi connectivity index (χ0) is 12.5. The number of hydrogen-bond acceptors (Lipinski definition) is 3. The predicted octanol–water partition coefficient (Wildman–Crippen LogP) is 3.26. The maximum absolute atomic E-state index is 11.6. The van der Waals surface area contributed by atoms with Crippen molar-refractivity contribution in [3.05, 3.63) is 0 Å². The van der Waals surface area contributed by atoms with Crippen molar-refractivity contribution < 1.29 is 9.53 Å². The molecule has 0 heterocycles. The van der Waals surface area contributed by atoms with E-state index < -0.39 is 0 Å². The molecular formula is C14H28ClNO2. The highest BCUT2D eigenvalue weighted by molar-refractivity contribution is 5.85. The van der Waals surface area contributed by atoms with Crippen molar-refractivity contribution in [1.29, 1.82) is 0 Å². The molecule has 0 aromatic carbocycles. The predicted molar refractivity (Wildman–Crippen MR) is 77.2 cm³/mol. The first-order chi connectivity index (χ1) is 8.26. The molecule has 4 heteroatoms. The smallest absolute Gasteiger partial charge is 0.306 e. The van der Waals surface area contributed by atoms with Crippen LogP contribution in [0, 0.1) is 5.92 Å². The van der Waals surface area contributed by atoms with Crippen LogP contribution in [-0.4, -0.2) is 37.1 Å². The second-order valence-corrected chi connectivity index (χ2v) is 4.96. The fourth-order valence-electron chi connectivity index (χ4n) is 2.51. The van der Waals surface area contributed by atoms with E-state index in [1.54, 1.807) is 0 Å². The zero-order valence-corrected chi connectivity index (χ0v) is 12.6. The van der Waals surface area contributed by atoms with Crippen molar-refractivity contribution in [2.24, 2.45) is 5.92 Å². The lowest BCUT2D eigenvalue weighted by molar-refractivity contribution is -0.145. The second kappa shape index (κ2) is 10.6. The number of carbonyl (C=O) groups is 1. The van der Waals surface area contributed by atoms with E-state index in [-0.39, 0.29) is 18.4 Å². The molecule has 0 amide bonds. The van der Waals surface area contributed by atoms with Crippen LogP contribution < -0.4 is 0 Å². The van der Waals surface area contributed by atoms with Gasteiger partial charge >= 0.3 is 5.97 Å². The molecular weight excluding hydrogens is 250 g/mol. The number of rotatable bonds is 7. The van der Waals surface area contributed by atoms with Crippen molar-refractivity contribution in [1.82, 2.24) is 4.90 Å². The van der Waals surface area contributed by atoms with Crippen LogP contribution in [0.15, 0.2) is 0 Å². The van der Waals surface area contributed by atoms with E-state index in [0.717, 1.165) is 19.6 Å². The molecule has 0 atom stereocenters. The van der Waals surface area contributed by atoms with Crippen LogP contribution in [-0.2, 0) is 9.53 Å². The largest absolute Gasteiger partial charge is 0.464 e. The Balaban J connectivity index is 0.00000289. The number of esters is 1. The van der Waals surface area contributed by atoms with E-state index >= 15 is 0 Å². The van der Waals surface area contributed by atoms with Gasteiger partial charge in [0.25, 0.3) is 0 Å². The van der Waals surface area contributed by atoms with Crippen LogP contribution in [0.25, 0.3) is 0 Å². The highest BCUT2D eigenvalue weighted by Gasteiger charge is 2.17. The summed E-state index contributed by atoms with van der Waals surface area (Å²) in [6, 6.07) is 0. The van der Waals surface area contributed by atoms with Gasteiger partial charge in [-0.1, -0.05) is 33.1 Å². The van der Waals surface area contributed by atoms with Gasteiger partial charge in [-0.3, -0.25) is 4.79 Å². The van der Waals surface area contributed by atoms with Gasteiger partial charge in [-0.15, -0.1) is 12.4 Å². The summed E-state index contributed by atoms with van der Waals surface area (Å²) in [6.07, 6.45) is 6.98. The van der Waals surface area contributed by atoms with Crippen LogP contribution in [0.2, 0.25) is 0 Å². The van der Waals surface area contributed by atoms with E-state index in [0.29, 0.717) is 18.9 Å². The lowest BCUT2D eigenvalue weighted by Crippen LogP contribution is -2.28. The lowest BCUT2D eigenvalue weighted by Gasteiger charge is -2.21. The molecule has 0 saturated heterocycles. The van der Waals surface area contributed by atoms with E-state index in [9.17, 15) is 4.79 Å². The monoisotopic (exact) mass is 277 g/mol. The fourth-order valence-corrected chi connectivity index (χ4v) is 2.51. The van der Waals surface area contributed by atoms with E-state index in [1.165, 1.54) is 32.1 Å². The first-order valence-corrected chi connectivity index (χ1v) is 7.14. The van der Waals surface area contributed by atoms with E-state index in [2.05, 4.69) is 18.7 Å². The Hall–Kier alpha value is -0.280. The van der Waals surface area contributed by atoms with Crippen LogP contribution in [0.4, 0.5) is 0 Å². The average Bonchev–Trinajstić information content (AvgIpc) is 2.36. The molecule has 0 aromatic heterocycles. The summed E-state index contributed by atoms with van der Waals surface area (Å²) >= 11 is 0. The summed E-state index contributed by atoms with van der Waals surface area (Å²) in [5.74, 6) is 0.591. The van der Waals surface area contributed by atoms with Crippen molar-refractivity contribution >= 4 is 18.4 Å². The van der Waals surface area contributed by atoms with Gasteiger partial charge in [0.15, 0.2) is 0 Å². The molecule has 1 fully saturated rings. The number of carbonyl (C=O) groups excluding carboxylic acids is 1. The third-order valence-electron chi connectivity index (χ3n) is 3.75. The minimum Gasteiger partial charge on any atom is -0.464 e. The molecule has 0 radical (unpaired) electrons. The summed E-state index contributed by atoms with van der Waals surface area (Å²) in [7, 11) is 0. The molecule has 1 saturated carbocycles. The van der Waals surface area contributed by atoms with E-state index in [1.807, 2.05) is 0 Å². The number of ether oxygens (including phenoxy) is 1. The summed E-state index contributed by atoms with van der Waals surface area (Å²) < 4.78 is 5.30. The van der Waals surface area contributed by atoms with Crippen molar-refractivity contribution in [3.63, 3.8) is 0 Å². The molecule has 0 aliphatic heterocycles. The second-order valence-electron chi connectivity index (χ2n) is 4.96. The van der Waals surface area contributed by atoms with Crippen molar-refractivity contribution in [2.45, 2.75) is 52.4 Å². The summed E-state index contributed by atoms with van der Waals surface area (Å²) in [5.41, 5.74) is 0. The maximum atomic E-state index is 11.6. The molecule has 1 rings (SSSR count). The molecule has 108 valence electrons. The van der Waals surface area contributed by atoms with E-state index in [4.69, 9.17) is 4.74 Å². The molecule has 3 nitrogen and oxygen atoms in total. The Bertz CT molecular complexity index is 214. The van der Waals surface area contributed by atoms with Gasteiger partial charge in [-0.2, -0.15) is 0 Å². The Morgan fingerprint density at radius 1 is 1.17 bits per heavy atom. The number of nitrogens with zero attached hydrogens (tertiary/aromatic N) is 1. The molecule has 0 N–H and O–H groups in total. The third kappa shape index (κ3) is 7.22. The van der Waals surface area contributed by atoms with Gasteiger partial charge in [-0.25, -0.2) is 0 Å². The molecule has 18 heavy (non-hydrogen) atoms. The van der Waals surface area contributed by atoms with Gasteiger partial charge in [0, 0.05) is 13.0 Å². The molecule has 1 aliphatic carbocycles. The Morgan fingerprint density at radius 3 is 2.33 bits per heavy atom. The summed E-state index contributed by atoms with van der Waals surface area (Å²) in [6.45, 7) is 7.73. The highest BCUT2D eigenvalue weighted by atomic mass is 35.5. The van der Waals surface area contributed by atoms with Gasteiger partial charge in [0.1, 0.15) is 6.61 Å². The molecule has 1 aliphatic rings. The summed E-state index contributed by atoms with van der Waals surface area (Å²) in [4.78, 5) is 13.9. The third-order valence-corrected chi connectivity index (χ3v) is 3.75. The SMILES string of the molecule is CCN(CC)CCOC(=O)CC1CCCCC1.Cl. The standard InChI is InChI=1S/C14H27NO2.ClH/c1-3-15(4-2)10-11-17-14(16)12-13-8-6-5-7-9-13;/h13H,3-12H2,1-2H3;1H. The molecule has 0 aromatic rings. The lowest BCUT2D eigenvalue weighted by atomic mass is 9.87. The Kier molecular flexibility index (Phi) is 10.5. The van der Waals surface area contributed by atoms with Crippen molar-refractivity contribution in [2.75, 3.05) is 26.2 Å². The normalized spacial score (nSPS) is 16.4. The van der Waals surface area contributed by atoms with Gasteiger partial charge < -0.3 is 9.64 Å². The number of hydrogen-bond donors (Lipinski definition) is 0. The average molecular weight is 278 g/mol. The topological polar surface area (TPSA) is 29.5 Å². The summed E-state index contributed by atoms with van der Waals surface area (Å²) in [5, 5.41) is 0. The maximum Gasteiger partial charge on any atom is 0.306 e. The van der Waals surface area contributed by atoms with Gasteiger partial charge in [0.05, 0.1) is 0 Å². The Morgan fingerprint density at radius 2 is 1.78 bits per heavy atom. The fraction of sp³-hybridized carbons (Fsp3) is 0.929. The first kappa shape index (κ1) is 17.7. The molecule has 0 unspecified atom stereocenters. The highest BCUT2D eigenvalue weighted by Crippen LogP contribution is 2.26. The first-order valence-electron chi connectivity index (χ1n) is 7.14. The molecule has 0 bridgehead atoms. The number of halogens is 1. The van der Waals surface area contributed by atoms with Crippen LogP contribution in [0.1, 0.15) is 52.4 Å². The van der Waals surface area contributed by atoms with Crippen LogP contribution in [0.5, 0.6) is 0 Å². The Labute approximate surface area is 118 Å². The van der Waals surface area contributed by atoms with Crippen LogP contribution >= 0.6 is 12.4 Å². The quantitative estimate of drug-likeness (QED) is 0.669. The van der Waals surface area contributed by atoms with Gasteiger partial charge in [0.2, 0.25) is 0 Å². The molecule has 0 spiro atoms. The van der Waals surface area contributed by atoms with Gasteiger partial charge in [-0.05, 0) is 31.8 Å².